The van der Waals surface area contributed by atoms with Crippen LogP contribution < -0.4 is 16.5 Å². The molecule has 4 aromatic rings. The van der Waals surface area contributed by atoms with E-state index < -0.39 is 0 Å². The van der Waals surface area contributed by atoms with Crippen LogP contribution >= 0.6 is 11.6 Å². The summed E-state index contributed by atoms with van der Waals surface area (Å²) in [6.07, 6.45) is 4.61. The number of fused-ring (bicyclic) bond motifs is 1. The van der Waals surface area contributed by atoms with E-state index in [-0.39, 0.29) is 28.2 Å². The maximum Gasteiger partial charge on any atom is 0.196 e. The third-order valence-corrected chi connectivity index (χ3v) is 5.48. The summed E-state index contributed by atoms with van der Waals surface area (Å²) in [6, 6.07) is 6.68. The molecule has 0 fully saturated rings. The lowest BCUT2D eigenvalue weighted by Crippen LogP contribution is -2.19. The van der Waals surface area contributed by atoms with Gasteiger partial charge in [0.1, 0.15) is 28.5 Å². The van der Waals surface area contributed by atoms with Crippen molar-refractivity contribution in [2.75, 3.05) is 5.32 Å². The lowest BCUT2D eigenvalue weighted by atomic mass is 9.99. The molecule has 4 rings (SSSR count). The summed E-state index contributed by atoms with van der Waals surface area (Å²) in [5.41, 5.74) is 9.54. The number of nitrogens with zero attached hydrogens (tertiary/aromatic N) is 4. The first kappa shape index (κ1) is 22.2. The van der Waals surface area contributed by atoms with Crippen LogP contribution in [0, 0.1) is 13.8 Å². The highest BCUT2D eigenvalue weighted by atomic mass is 35.5. The summed E-state index contributed by atoms with van der Waals surface area (Å²) in [5, 5.41) is 16.1. The number of pyridine rings is 1. The minimum absolute atomic E-state index is 0.127. The molecule has 3 heterocycles. The average molecular weight is 465 g/mol. The summed E-state index contributed by atoms with van der Waals surface area (Å²) < 4.78 is 6.28. The zero-order valence-electron chi connectivity index (χ0n) is 18.1. The summed E-state index contributed by atoms with van der Waals surface area (Å²) in [6.45, 7) is 5.54. The second kappa shape index (κ2) is 8.87. The predicted octanol–water partition coefficient (Wildman–Crippen LogP) is 4.18. The fraction of sp³-hybridized carbons (Fsp3) is 0.174. The van der Waals surface area contributed by atoms with Crippen molar-refractivity contribution in [3.63, 3.8) is 0 Å². The first-order chi connectivity index (χ1) is 15.8. The number of amidine groups is 1. The molecule has 3 aromatic heterocycles. The summed E-state index contributed by atoms with van der Waals surface area (Å²) in [7, 11) is 0. The Morgan fingerprint density at radius 1 is 1.24 bits per heavy atom. The van der Waals surface area contributed by atoms with Crippen molar-refractivity contribution in [3.05, 3.63) is 80.7 Å². The maximum atomic E-state index is 13.2. The van der Waals surface area contributed by atoms with Crippen molar-refractivity contribution < 1.29 is 9.62 Å². The number of aryl methyl sites for hydroxylation is 1. The summed E-state index contributed by atoms with van der Waals surface area (Å²) in [4.78, 5) is 25.4. The Hall–Kier alpha value is -3.98. The molecule has 4 N–H and O–H groups in total. The molecule has 0 aliphatic carbocycles. The van der Waals surface area contributed by atoms with Crippen LogP contribution in [0.3, 0.4) is 0 Å². The fourth-order valence-electron chi connectivity index (χ4n) is 3.69. The first-order valence-electron chi connectivity index (χ1n) is 10.0. The van der Waals surface area contributed by atoms with E-state index >= 15 is 0 Å². The van der Waals surface area contributed by atoms with Gasteiger partial charge in [0.25, 0.3) is 0 Å². The molecule has 0 aliphatic heterocycles. The Balaban J connectivity index is 1.88. The van der Waals surface area contributed by atoms with Crippen LogP contribution in [0.25, 0.3) is 22.3 Å². The van der Waals surface area contributed by atoms with Crippen molar-refractivity contribution >= 4 is 34.1 Å². The minimum Gasteiger partial charge on any atom is -0.455 e. The Kier molecular flexibility index (Phi) is 5.97. The van der Waals surface area contributed by atoms with Crippen molar-refractivity contribution in [3.8, 4) is 11.3 Å². The lowest BCUT2D eigenvalue weighted by molar-refractivity contribution is 0.318. The van der Waals surface area contributed by atoms with Gasteiger partial charge in [-0.25, -0.2) is 15.0 Å². The third-order valence-electron chi connectivity index (χ3n) is 5.26. The van der Waals surface area contributed by atoms with E-state index in [0.717, 1.165) is 11.1 Å². The minimum atomic E-state index is -0.341. The number of nitrogens with one attached hydrogen (secondary N) is 1. The molecule has 0 saturated carbocycles. The van der Waals surface area contributed by atoms with Crippen LogP contribution in [0.15, 0.2) is 57.4 Å². The lowest BCUT2D eigenvalue weighted by Gasteiger charge is -2.20. The van der Waals surface area contributed by atoms with Crippen LogP contribution in [-0.2, 0) is 0 Å². The van der Waals surface area contributed by atoms with Gasteiger partial charge in [-0.2, -0.15) is 0 Å². The van der Waals surface area contributed by atoms with Gasteiger partial charge in [-0.3, -0.25) is 4.79 Å². The Labute approximate surface area is 194 Å². The van der Waals surface area contributed by atoms with Gasteiger partial charge in [-0.1, -0.05) is 22.8 Å². The van der Waals surface area contributed by atoms with Crippen molar-refractivity contribution in [2.24, 2.45) is 10.9 Å². The van der Waals surface area contributed by atoms with Crippen molar-refractivity contribution in [2.45, 2.75) is 26.8 Å². The molecule has 0 bridgehead atoms. The van der Waals surface area contributed by atoms with Crippen LogP contribution in [0.1, 0.15) is 35.3 Å². The molecule has 1 unspecified atom stereocenters. The number of hydrogen-bond acceptors (Lipinski definition) is 8. The number of aromatic nitrogens is 3. The zero-order valence-corrected chi connectivity index (χ0v) is 18.9. The number of halogens is 1. The zero-order chi connectivity index (χ0) is 23.7. The van der Waals surface area contributed by atoms with Crippen molar-refractivity contribution in [1.82, 2.24) is 15.0 Å². The van der Waals surface area contributed by atoms with E-state index in [2.05, 4.69) is 25.4 Å². The number of nitrogens with two attached hydrogens (primary N) is 1. The molecular weight excluding hydrogens is 444 g/mol. The molecule has 0 saturated heterocycles. The van der Waals surface area contributed by atoms with E-state index in [1.54, 1.807) is 37.5 Å². The molecule has 0 aliphatic rings. The average Bonchev–Trinajstić information content (AvgIpc) is 2.82. The van der Waals surface area contributed by atoms with E-state index in [9.17, 15) is 4.79 Å². The van der Waals surface area contributed by atoms with E-state index in [1.165, 1.54) is 6.33 Å². The molecule has 10 heteroatoms. The molecule has 1 atom stereocenters. The standard InChI is InChI=1S/C23H21ClN6O3/c1-11-6-15(13(3)28-17-4-5-18(24)29-19(17)23(25)30-32)22-16(7-11)20(31)12(2)21(33-22)14-8-26-10-27-9-14/h4-10,13,28,32H,1-3H3,(H2,25,30). The second-order valence-electron chi connectivity index (χ2n) is 7.62. The topological polar surface area (TPSA) is 140 Å². The molecule has 168 valence electrons. The van der Waals surface area contributed by atoms with E-state index in [4.69, 9.17) is 27.0 Å². The van der Waals surface area contributed by atoms with Crippen molar-refractivity contribution in [1.29, 1.82) is 0 Å². The molecule has 33 heavy (non-hydrogen) atoms. The highest BCUT2D eigenvalue weighted by molar-refractivity contribution is 6.29. The fourth-order valence-corrected chi connectivity index (χ4v) is 3.83. The molecule has 0 spiro atoms. The number of benzene rings is 1. The second-order valence-corrected chi connectivity index (χ2v) is 8.01. The normalized spacial score (nSPS) is 12.7. The van der Waals surface area contributed by atoms with Crippen LogP contribution in [-0.4, -0.2) is 26.0 Å². The van der Waals surface area contributed by atoms with E-state index in [0.29, 0.717) is 33.5 Å². The van der Waals surface area contributed by atoms with Gasteiger partial charge in [-0.15, -0.1) is 0 Å². The SMILES string of the molecule is Cc1cc(C(C)Nc2ccc(Cl)nc2/C(N)=N/O)c2oc(-c3cncnc3)c(C)c(=O)c2c1. The largest absolute Gasteiger partial charge is 0.455 e. The summed E-state index contributed by atoms with van der Waals surface area (Å²) in [5.74, 6) is 0.228. The van der Waals surface area contributed by atoms with Gasteiger partial charge in [0, 0.05) is 23.5 Å². The highest BCUT2D eigenvalue weighted by Gasteiger charge is 2.20. The molecule has 0 radical (unpaired) electrons. The van der Waals surface area contributed by atoms with Crippen LogP contribution in [0.2, 0.25) is 5.15 Å². The van der Waals surface area contributed by atoms with Gasteiger partial charge in [-0.05, 0) is 44.5 Å². The van der Waals surface area contributed by atoms with Gasteiger partial charge in [0.05, 0.1) is 22.7 Å². The summed E-state index contributed by atoms with van der Waals surface area (Å²) >= 11 is 5.99. The van der Waals surface area contributed by atoms with E-state index in [1.807, 2.05) is 19.9 Å². The maximum absolute atomic E-state index is 13.2. The quantitative estimate of drug-likeness (QED) is 0.131. The van der Waals surface area contributed by atoms with Gasteiger partial charge in [0.15, 0.2) is 11.3 Å². The first-order valence-corrected chi connectivity index (χ1v) is 10.4. The van der Waals surface area contributed by atoms with Crippen LogP contribution in [0.4, 0.5) is 5.69 Å². The molecular formula is C23H21ClN6O3. The number of hydrogen-bond donors (Lipinski definition) is 3. The van der Waals surface area contributed by atoms with Crippen LogP contribution in [0.5, 0.6) is 0 Å². The monoisotopic (exact) mass is 464 g/mol. The highest BCUT2D eigenvalue weighted by Crippen LogP contribution is 2.32. The Morgan fingerprint density at radius 2 is 1.97 bits per heavy atom. The molecule has 9 nitrogen and oxygen atoms in total. The van der Waals surface area contributed by atoms with Gasteiger partial charge >= 0.3 is 0 Å². The molecule has 1 aromatic carbocycles. The third kappa shape index (κ3) is 4.22. The smallest absolute Gasteiger partial charge is 0.196 e. The van der Waals surface area contributed by atoms with Gasteiger partial charge < -0.3 is 20.7 Å². The predicted molar refractivity (Wildman–Crippen MR) is 127 cm³/mol. The molecule has 0 amide bonds. The number of anilines is 1. The Bertz CT molecular complexity index is 1440. The Morgan fingerprint density at radius 3 is 2.67 bits per heavy atom. The van der Waals surface area contributed by atoms with Gasteiger partial charge in [0.2, 0.25) is 0 Å². The number of rotatable bonds is 5. The number of oxime groups is 1.